The second kappa shape index (κ2) is 6.86. The summed E-state index contributed by atoms with van der Waals surface area (Å²) in [5, 5.41) is -0.481. The van der Waals surface area contributed by atoms with E-state index < -0.39 is 15.1 Å². The number of sulfone groups is 1. The molecule has 4 bridgehead atoms. The van der Waals surface area contributed by atoms with Gasteiger partial charge in [-0.25, -0.2) is 8.42 Å². The van der Waals surface area contributed by atoms with Gasteiger partial charge in [0.15, 0.2) is 9.84 Å². The van der Waals surface area contributed by atoms with Crippen LogP contribution in [0.3, 0.4) is 0 Å². The molecule has 1 unspecified atom stereocenters. The van der Waals surface area contributed by atoms with Crippen LogP contribution in [0.1, 0.15) is 62.2 Å². The van der Waals surface area contributed by atoms with Crippen LogP contribution in [0, 0.1) is 23.2 Å². The molecule has 0 spiro atoms. The minimum Gasteiger partial charge on any atom is -0.342 e. The fourth-order valence-corrected chi connectivity index (χ4v) is 8.97. The normalized spacial score (nSPS) is 38.9. The molecule has 1 aliphatic heterocycles. The number of carbonyl (C=O) groups excluding carboxylic acids is 1. The van der Waals surface area contributed by atoms with Gasteiger partial charge >= 0.3 is 0 Å². The highest BCUT2D eigenvalue weighted by Gasteiger charge is 2.51. The van der Waals surface area contributed by atoms with Gasteiger partial charge in [0.1, 0.15) is 0 Å². The zero-order chi connectivity index (χ0) is 19.4. The Balaban J connectivity index is 1.29. The lowest BCUT2D eigenvalue weighted by molar-refractivity contribution is -0.139. The van der Waals surface area contributed by atoms with Crippen molar-refractivity contribution in [3.05, 3.63) is 35.9 Å². The largest absolute Gasteiger partial charge is 0.342 e. The van der Waals surface area contributed by atoms with Gasteiger partial charge in [-0.15, -0.1) is 0 Å². The summed E-state index contributed by atoms with van der Waals surface area (Å²) in [6.45, 7) is 0.918. The van der Waals surface area contributed by atoms with Crippen molar-refractivity contribution in [1.29, 1.82) is 0 Å². The van der Waals surface area contributed by atoms with Gasteiger partial charge in [-0.1, -0.05) is 30.3 Å². The Morgan fingerprint density at radius 1 is 0.964 bits per heavy atom. The van der Waals surface area contributed by atoms with E-state index in [9.17, 15) is 13.2 Å². The van der Waals surface area contributed by atoms with Gasteiger partial charge in [-0.05, 0) is 73.7 Å². The number of hydrogen-bond acceptors (Lipinski definition) is 3. The van der Waals surface area contributed by atoms with Crippen LogP contribution in [-0.2, 0) is 14.6 Å². The first-order chi connectivity index (χ1) is 13.4. The van der Waals surface area contributed by atoms with Crippen LogP contribution in [0.2, 0.25) is 0 Å². The third-order valence-corrected chi connectivity index (χ3v) is 10.1. The molecule has 28 heavy (non-hydrogen) atoms. The number of benzene rings is 1. The van der Waals surface area contributed by atoms with E-state index >= 15 is 0 Å². The molecule has 5 aliphatic rings. The Morgan fingerprint density at radius 2 is 1.57 bits per heavy atom. The molecule has 5 fully saturated rings. The fraction of sp³-hybridized carbons (Fsp3) is 0.696. The van der Waals surface area contributed by atoms with Crippen LogP contribution in [-0.4, -0.2) is 38.1 Å². The first-order valence-electron chi connectivity index (χ1n) is 11.0. The maximum atomic E-state index is 13.2. The SMILES string of the molecule is O=C(CC12CC3CC(CC(C3)C1)C2)N1CCC(c2ccccc2)S(=O)(=O)CC1. The van der Waals surface area contributed by atoms with Crippen molar-refractivity contribution in [2.45, 2.75) is 56.6 Å². The van der Waals surface area contributed by atoms with Crippen molar-refractivity contribution in [3.63, 3.8) is 0 Å². The molecule has 1 heterocycles. The molecule has 4 aliphatic carbocycles. The lowest BCUT2D eigenvalue weighted by Gasteiger charge is -2.57. The maximum Gasteiger partial charge on any atom is 0.223 e. The molecule has 6 rings (SSSR count). The highest BCUT2D eigenvalue weighted by Crippen LogP contribution is 2.61. The van der Waals surface area contributed by atoms with Crippen molar-refractivity contribution >= 4 is 15.7 Å². The highest BCUT2D eigenvalue weighted by atomic mass is 32.2. The van der Waals surface area contributed by atoms with E-state index in [0.29, 0.717) is 25.9 Å². The van der Waals surface area contributed by atoms with E-state index in [0.717, 1.165) is 23.3 Å². The molecule has 0 radical (unpaired) electrons. The maximum absolute atomic E-state index is 13.2. The summed E-state index contributed by atoms with van der Waals surface area (Å²) in [5.41, 5.74) is 1.08. The van der Waals surface area contributed by atoms with Crippen molar-refractivity contribution in [2.24, 2.45) is 23.2 Å². The third-order valence-electron chi connectivity index (χ3n) is 7.96. The molecule has 4 nitrogen and oxygen atoms in total. The predicted molar refractivity (Wildman–Crippen MR) is 109 cm³/mol. The molecule has 152 valence electrons. The quantitative estimate of drug-likeness (QED) is 0.770. The van der Waals surface area contributed by atoms with Crippen LogP contribution in [0.4, 0.5) is 0 Å². The summed E-state index contributed by atoms with van der Waals surface area (Å²) >= 11 is 0. The molecule has 1 saturated heterocycles. The van der Waals surface area contributed by atoms with Gasteiger partial charge in [-0.3, -0.25) is 4.79 Å². The molecule has 4 saturated carbocycles. The van der Waals surface area contributed by atoms with Crippen LogP contribution in [0.25, 0.3) is 0 Å². The monoisotopic (exact) mass is 401 g/mol. The Labute approximate surface area is 168 Å². The third kappa shape index (κ3) is 3.40. The molecule has 1 aromatic carbocycles. The van der Waals surface area contributed by atoms with Crippen molar-refractivity contribution in [2.75, 3.05) is 18.8 Å². The number of hydrogen-bond donors (Lipinski definition) is 0. The molecule has 0 aromatic heterocycles. The number of nitrogens with zero attached hydrogens (tertiary/aromatic N) is 1. The molecular formula is C23H31NO3S. The topological polar surface area (TPSA) is 54.5 Å². The predicted octanol–water partition coefficient (Wildman–Crippen LogP) is 3.98. The lowest BCUT2D eigenvalue weighted by Crippen LogP contribution is -2.48. The Bertz CT molecular complexity index is 813. The second-order valence-electron chi connectivity index (χ2n) is 10.0. The van der Waals surface area contributed by atoms with E-state index in [1.54, 1.807) is 0 Å². The number of rotatable bonds is 3. The number of carbonyl (C=O) groups is 1. The van der Waals surface area contributed by atoms with Crippen molar-refractivity contribution < 1.29 is 13.2 Å². The van der Waals surface area contributed by atoms with E-state index in [1.165, 1.54) is 38.5 Å². The molecule has 1 aromatic rings. The minimum absolute atomic E-state index is 0.0825. The molecule has 1 amide bonds. The highest BCUT2D eigenvalue weighted by molar-refractivity contribution is 7.91. The Kier molecular flexibility index (Phi) is 4.57. The average Bonchev–Trinajstić information content (AvgIpc) is 2.79. The molecule has 0 N–H and O–H groups in total. The second-order valence-corrected chi connectivity index (χ2v) is 12.3. The van der Waals surface area contributed by atoms with Crippen molar-refractivity contribution in [1.82, 2.24) is 4.90 Å². The summed E-state index contributed by atoms with van der Waals surface area (Å²) in [6.07, 6.45) is 8.98. The average molecular weight is 402 g/mol. The van der Waals surface area contributed by atoms with Gasteiger partial charge < -0.3 is 4.90 Å². The zero-order valence-corrected chi connectivity index (χ0v) is 17.4. The number of amides is 1. The van der Waals surface area contributed by atoms with Gasteiger partial charge in [0.05, 0.1) is 11.0 Å². The van der Waals surface area contributed by atoms with Crippen LogP contribution >= 0.6 is 0 Å². The molecule has 5 heteroatoms. The van der Waals surface area contributed by atoms with Gasteiger partial charge in [0.2, 0.25) is 5.91 Å². The van der Waals surface area contributed by atoms with Crippen LogP contribution in [0.15, 0.2) is 30.3 Å². The lowest BCUT2D eigenvalue weighted by atomic mass is 9.49. The first-order valence-corrected chi connectivity index (χ1v) is 12.7. The van der Waals surface area contributed by atoms with E-state index in [-0.39, 0.29) is 17.1 Å². The van der Waals surface area contributed by atoms with Gasteiger partial charge in [0.25, 0.3) is 0 Å². The summed E-state index contributed by atoms with van der Waals surface area (Å²) < 4.78 is 25.7. The Hall–Kier alpha value is -1.36. The summed E-state index contributed by atoms with van der Waals surface area (Å²) in [4.78, 5) is 15.1. The van der Waals surface area contributed by atoms with Crippen LogP contribution in [0.5, 0.6) is 0 Å². The summed E-state index contributed by atoms with van der Waals surface area (Å²) in [6, 6.07) is 9.50. The minimum atomic E-state index is -3.23. The molecule has 1 atom stereocenters. The molecular weight excluding hydrogens is 370 g/mol. The summed E-state index contributed by atoms with van der Waals surface area (Å²) in [5.74, 6) is 2.80. The summed E-state index contributed by atoms with van der Waals surface area (Å²) in [7, 11) is -3.23. The van der Waals surface area contributed by atoms with Crippen molar-refractivity contribution in [3.8, 4) is 0 Å². The van der Waals surface area contributed by atoms with Gasteiger partial charge in [-0.2, -0.15) is 0 Å². The standard InChI is InChI=1S/C23H31NO3S/c25-22(16-23-13-17-10-18(14-23)12-19(11-17)15-23)24-7-6-21(28(26,27)9-8-24)20-4-2-1-3-5-20/h1-5,17-19,21H,6-16H2. The smallest absolute Gasteiger partial charge is 0.223 e. The van der Waals surface area contributed by atoms with E-state index in [2.05, 4.69) is 0 Å². The fourth-order valence-electron chi connectivity index (χ4n) is 7.17. The first kappa shape index (κ1) is 18.7. The van der Waals surface area contributed by atoms with E-state index in [1.807, 2.05) is 35.2 Å². The van der Waals surface area contributed by atoms with E-state index in [4.69, 9.17) is 0 Å². The van der Waals surface area contributed by atoms with Gasteiger partial charge in [0, 0.05) is 19.5 Å². The Morgan fingerprint density at radius 3 is 2.18 bits per heavy atom. The van der Waals surface area contributed by atoms with Crippen LogP contribution < -0.4 is 0 Å². The zero-order valence-electron chi connectivity index (χ0n) is 16.6.